The zero-order chi connectivity index (χ0) is 23.9. The molecule has 7 nitrogen and oxygen atoms in total. The largest absolute Gasteiger partial charge is 0.345 e. The summed E-state index contributed by atoms with van der Waals surface area (Å²) in [5.41, 5.74) is 0.858. The van der Waals surface area contributed by atoms with Gasteiger partial charge in [-0.25, -0.2) is 17.8 Å². The Morgan fingerprint density at radius 1 is 1.00 bits per heavy atom. The summed E-state index contributed by atoms with van der Waals surface area (Å²) in [4.78, 5) is 21.5. The molecule has 0 bridgehead atoms. The van der Waals surface area contributed by atoms with Gasteiger partial charge in [0.25, 0.3) is 5.91 Å². The van der Waals surface area contributed by atoms with Crippen molar-refractivity contribution in [2.75, 3.05) is 44.2 Å². The molecule has 0 unspecified atom stereocenters. The number of hydrogen-bond acceptors (Lipinski definition) is 6. The lowest BCUT2D eigenvalue weighted by Gasteiger charge is -2.34. The van der Waals surface area contributed by atoms with E-state index in [1.165, 1.54) is 33.8 Å². The van der Waals surface area contributed by atoms with Gasteiger partial charge in [0.15, 0.2) is 5.13 Å². The number of carbonyl (C=O) groups is 1. The van der Waals surface area contributed by atoms with Gasteiger partial charge in [0, 0.05) is 44.8 Å². The van der Waals surface area contributed by atoms with Crippen LogP contribution in [-0.2, 0) is 10.0 Å². The van der Waals surface area contributed by atoms with Crippen molar-refractivity contribution in [2.24, 2.45) is 5.92 Å². The molecule has 0 saturated carbocycles. The number of benzene rings is 2. The topological polar surface area (TPSA) is 73.8 Å². The van der Waals surface area contributed by atoms with Gasteiger partial charge in [0.2, 0.25) is 10.0 Å². The third-order valence-electron chi connectivity index (χ3n) is 6.68. The molecule has 0 radical (unpaired) electrons. The Kier molecular flexibility index (Phi) is 6.30. The Hall–Kier alpha value is -2.56. The molecule has 0 spiro atoms. The summed E-state index contributed by atoms with van der Waals surface area (Å²) in [5.74, 6) is 0.0996. The molecule has 0 N–H and O–H groups in total. The van der Waals surface area contributed by atoms with Crippen LogP contribution in [0, 0.1) is 11.7 Å². The number of piperidine rings is 1. The molecule has 34 heavy (non-hydrogen) atoms. The quantitative estimate of drug-likeness (QED) is 0.542. The lowest BCUT2D eigenvalue weighted by molar-refractivity contribution is 0.0746. The fourth-order valence-electron chi connectivity index (χ4n) is 4.47. The van der Waals surface area contributed by atoms with Gasteiger partial charge in [-0.15, -0.1) is 0 Å². The Bertz CT molecular complexity index is 1290. The van der Waals surface area contributed by atoms with Crippen molar-refractivity contribution in [3.8, 4) is 0 Å². The standard InChI is InChI=1S/C24H27FN4O3S2/c1-17-9-11-29(12-10-17)34(31,32)19-7-5-18(6-8-19)23(30)27-13-15-28(16-14-27)24-26-22-20(25)3-2-4-21(22)33-24/h2-8,17H,9-16H2,1H3. The van der Waals surface area contributed by atoms with Crippen molar-refractivity contribution < 1.29 is 17.6 Å². The second kappa shape index (κ2) is 9.24. The van der Waals surface area contributed by atoms with Gasteiger partial charge in [-0.3, -0.25) is 4.79 Å². The minimum absolute atomic E-state index is 0.120. The highest BCUT2D eigenvalue weighted by molar-refractivity contribution is 7.89. The van der Waals surface area contributed by atoms with Crippen molar-refractivity contribution in [2.45, 2.75) is 24.7 Å². The van der Waals surface area contributed by atoms with Gasteiger partial charge < -0.3 is 9.80 Å². The van der Waals surface area contributed by atoms with Gasteiger partial charge >= 0.3 is 0 Å². The van der Waals surface area contributed by atoms with Crippen molar-refractivity contribution in [1.82, 2.24) is 14.2 Å². The Morgan fingerprint density at radius 2 is 1.68 bits per heavy atom. The molecular formula is C24H27FN4O3S2. The van der Waals surface area contributed by atoms with Crippen molar-refractivity contribution in [1.29, 1.82) is 0 Å². The molecule has 1 aromatic heterocycles. The SMILES string of the molecule is CC1CCN(S(=O)(=O)c2ccc(C(=O)N3CCN(c4nc5c(F)cccc5s4)CC3)cc2)CC1. The summed E-state index contributed by atoms with van der Waals surface area (Å²) in [6.07, 6.45) is 1.74. The number of para-hydroxylation sites is 1. The van der Waals surface area contributed by atoms with Crippen molar-refractivity contribution in [3.63, 3.8) is 0 Å². The van der Waals surface area contributed by atoms with E-state index in [9.17, 15) is 17.6 Å². The average molecular weight is 503 g/mol. The van der Waals surface area contributed by atoms with Crippen LogP contribution in [0.2, 0.25) is 0 Å². The van der Waals surface area contributed by atoms with Gasteiger partial charge in [-0.2, -0.15) is 4.31 Å². The molecule has 2 aromatic carbocycles. The van der Waals surface area contributed by atoms with Crippen LogP contribution < -0.4 is 4.90 Å². The summed E-state index contributed by atoms with van der Waals surface area (Å²) in [6.45, 7) is 5.46. The summed E-state index contributed by atoms with van der Waals surface area (Å²) in [6, 6.07) is 11.2. The third kappa shape index (κ3) is 4.42. The first kappa shape index (κ1) is 23.2. The van der Waals surface area contributed by atoms with E-state index in [0.717, 1.165) is 22.7 Å². The number of amides is 1. The summed E-state index contributed by atoms with van der Waals surface area (Å²) in [5, 5.41) is 0.758. The molecular weight excluding hydrogens is 475 g/mol. The number of hydrogen-bond donors (Lipinski definition) is 0. The number of rotatable bonds is 4. The fourth-order valence-corrected chi connectivity index (χ4v) is 6.97. The van der Waals surface area contributed by atoms with Gasteiger partial charge in [0.1, 0.15) is 11.3 Å². The number of carbonyl (C=O) groups excluding carboxylic acids is 1. The van der Waals surface area contributed by atoms with E-state index in [2.05, 4.69) is 16.8 Å². The average Bonchev–Trinajstić information content (AvgIpc) is 3.30. The number of anilines is 1. The fraction of sp³-hybridized carbons (Fsp3) is 0.417. The highest BCUT2D eigenvalue weighted by Gasteiger charge is 2.29. The maximum absolute atomic E-state index is 14.0. The predicted molar refractivity (Wildman–Crippen MR) is 131 cm³/mol. The summed E-state index contributed by atoms with van der Waals surface area (Å²) >= 11 is 1.45. The van der Waals surface area contributed by atoms with Gasteiger partial charge in [-0.1, -0.05) is 24.3 Å². The number of fused-ring (bicyclic) bond motifs is 1. The number of sulfonamides is 1. The van der Waals surface area contributed by atoms with Crippen molar-refractivity contribution >= 4 is 42.6 Å². The highest BCUT2D eigenvalue weighted by atomic mass is 32.2. The van der Waals surface area contributed by atoms with Crippen LogP contribution in [0.4, 0.5) is 9.52 Å². The zero-order valence-corrected chi connectivity index (χ0v) is 20.6. The number of thiazole rings is 1. The van der Waals surface area contributed by atoms with E-state index in [1.807, 2.05) is 6.07 Å². The minimum atomic E-state index is -3.54. The molecule has 2 aliphatic heterocycles. The van der Waals surface area contributed by atoms with Crippen LogP contribution in [0.1, 0.15) is 30.1 Å². The molecule has 0 aliphatic carbocycles. The predicted octanol–water partition coefficient (Wildman–Crippen LogP) is 3.82. The van der Waals surface area contributed by atoms with Gasteiger partial charge in [0.05, 0.1) is 9.60 Å². The van der Waals surface area contributed by atoms with E-state index in [4.69, 9.17) is 0 Å². The minimum Gasteiger partial charge on any atom is -0.345 e. The second-order valence-corrected chi connectivity index (χ2v) is 11.9. The molecule has 1 amide bonds. The van der Waals surface area contributed by atoms with Crippen LogP contribution in [0.3, 0.4) is 0 Å². The first-order valence-electron chi connectivity index (χ1n) is 11.5. The van der Waals surface area contributed by atoms with Crippen LogP contribution in [0.25, 0.3) is 10.2 Å². The Balaban J connectivity index is 1.23. The highest BCUT2D eigenvalue weighted by Crippen LogP contribution is 2.31. The lowest BCUT2D eigenvalue weighted by atomic mass is 10.0. The van der Waals surface area contributed by atoms with E-state index in [-0.39, 0.29) is 16.6 Å². The lowest BCUT2D eigenvalue weighted by Crippen LogP contribution is -2.48. The first-order chi connectivity index (χ1) is 16.3. The maximum Gasteiger partial charge on any atom is 0.253 e. The zero-order valence-electron chi connectivity index (χ0n) is 19.0. The van der Waals surface area contributed by atoms with Crippen molar-refractivity contribution in [3.05, 3.63) is 53.8 Å². The summed E-state index contributed by atoms with van der Waals surface area (Å²) < 4.78 is 42.2. The Morgan fingerprint density at radius 3 is 2.32 bits per heavy atom. The van der Waals surface area contributed by atoms with E-state index in [1.54, 1.807) is 23.1 Å². The Labute approximate surface area is 202 Å². The maximum atomic E-state index is 14.0. The van der Waals surface area contributed by atoms with E-state index in [0.29, 0.717) is 56.3 Å². The number of aromatic nitrogens is 1. The monoisotopic (exact) mass is 502 g/mol. The van der Waals surface area contributed by atoms with E-state index >= 15 is 0 Å². The number of nitrogens with zero attached hydrogens (tertiary/aromatic N) is 4. The molecule has 10 heteroatoms. The van der Waals surface area contributed by atoms with Crippen LogP contribution >= 0.6 is 11.3 Å². The molecule has 2 aliphatic rings. The molecule has 3 aromatic rings. The normalized spacial score (nSPS) is 18.5. The third-order valence-corrected chi connectivity index (χ3v) is 9.67. The van der Waals surface area contributed by atoms with E-state index < -0.39 is 10.0 Å². The molecule has 3 heterocycles. The number of piperazine rings is 1. The van der Waals surface area contributed by atoms with Crippen LogP contribution in [0.5, 0.6) is 0 Å². The number of halogens is 1. The molecule has 180 valence electrons. The van der Waals surface area contributed by atoms with Gasteiger partial charge in [-0.05, 0) is 55.2 Å². The molecule has 5 rings (SSSR count). The van der Waals surface area contributed by atoms with Crippen LogP contribution in [-0.4, -0.2) is 67.8 Å². The second-order valence-electron chi connectivity index (χ2n) is 8.97. The molecule has 0 atom stereocenters. The summed E-state index contributed by atoms with van der Waals surface area (Å²) in [7, 11) is -3.54. The first-order valence-corrected chi connectivity index (χ1v) is 13.8. The van der Waals surface area contributed by atoms with Crippen LogP contribution in [0.15, 0.2) is 47.4 Å². The molecule has 2 fully saturated rings. The smallest absolute Gasteiger partial charge is 0.253 e. The molecule has 2 saturated heterocycles.